The van der Waals surface area contributed by atoms with E-state index in [0.29, 0.717) is 64.7 Å². The molecule has 13 heteroatoms. The molecule has 51 heavy (non-hydrogen) atoms. The van der Waals surface area contributed by atoms with E-state index in [4.69, 9.17) is 11.5 Å². The Labute approximate surface area is 302 Å². The summed E-state index contributed by atoms with van der Waals surface area (Å²) >= 11 is 0. The molecule has 1 fully saturated rings. The molecule has 2 aromatic rings. The summed E-state index contributed by atoms with van der Waals surface area (Å²) in [5.74, 6) is -1.23. The third-order valence-electron chi connectivity index (χ3n) is 8.91. The number of carbonyl (C=O) groups excluding carboxylic acids is 5. The van der Waals surface area contributed by atoms with Crippen molar-refractivity contribution in [2.24, 2.45) is 17.4 Å². The number of urea groups is 1. The van der Waals surface area contributed by atoms with E-state index in [2.05, 4.69) is 21.3 Å². The second-order valence-corrected chi connectivity index (χ2v) is 13.7. The third kappa shape index (κ3) is 14.3. The van der Waals surface area contributed by atoms with Crippen LogP contribution in [-0.2, 0) is 32.1 Å². The SMILES string of the molecule is CC(=O)NC1CCN(C(=O)[C@@H](CCCCN)NC(=O)[C@@H](CC(C)C)NC(=O)[C@@H](Cc2ccccc2)NC(=O)N(CCN)Cc2ccccc2)CC1. The highest BCUT2D eigenvalue weighted by molar-refractivity contribution is 5.94. The molecule has 0 unspecified atom stereocenters. The summed E-state index contributed by atoms with van der Waals surface area (Å²) in [5, 5.41) is 11.7. The molecular formula is C38H58N8O5. The Morgan fingerprint density at radius 3 is 1.94 bits per heavy atom. The van der Waals surface area contributed by atoms with E-state index in [1.165, 1.54) is 6.92 Å². The molecule has 1 saturated heterocycles. The molecule has 3 rings (SSSR count). The van der Waals surface area contributed by atoms with Gasteiger partial charge < -0.3 is 42.5 Å². The van der Waals surface area contributed by atoms with Crippen molar-refractivity contribution in [3.63, 3.8) is 0 Å². The Morgan fingerprint density at radius 2 is 1.37 bits per heavy atom. The Kier molecular flexibility index (Phi) is 17.4. The predicted molar refractivity (Wildman–Crippen MR) is 198 cm³/mol. The van der Waals surface area contributed by atoms with Crippen molar-refractivity contribution in [2.75, 3.05) is 32.7 Å². The Balaban J connectivity index is 1.78. The van der Waals surface area contributed by atoms with Gasteiger partial charge in [-0.15, -0.1) is 0 Å². The topological polar surface area (TPSA) is 192 Å². The first kappa shape index (κ1) is 40.9. The molecule has 6 amide bonds. The van der Waals surface area contributed by atoms with Gasteiger partial charge in [0.25, 0.3) is 0 Å². The van der Waals surface area contributed by atoms with Crippen molar-refractivity contribution in [1.82, 2.24) is 31.1 Å². The van der Waals surface area contributed by atoms with Crippen LogP contribution in [0.5, 0.6) is 0 Å². The minimum absolute atomic E-state index is 0.00696. The molecule has 1 heterocycles. The standard InChI is InChI=1S/C38H58N8O5/c1-27(2)24-33(35(48)42-32(16-10-11-19-39)37(50)45-21-17-31(18-22-45)41-28(3)47)43-36(49)34(25-29-12-6-4-7-13-29)44-38(51)46(23-20-40)26-30-14-8-5-9-15-30/h4-9,12-15,27,31-34H,10-11,16-26,39-40H2,1-3H3,(H,41,47)(H,42,48)(H,43,49)(H,44,51)/t32-,33-,34-/m1/s1. The highest BCUT2D eigenvalue weighted by Crippen LogP contribution is 2.15. The highest BCUT2D eigenvalue weighted by Gasteiger charge is 2.33. The van der Waals surface area contributed by atoms with Gasteiger partial charge in [0.2, 0.25) is 23.6 Å². The highest BCUT2D eigenvalue weighted by atomic mass is 16.2. The molecule has 0 bridgehead atoms. The second-order valence-electron chi connectivity index (χ2n) is 13.7. The molecule has 1 aliphatic rings. The van der Waals surface area contributed by atoms with E-state index in [1.807, 2.05) is 74.5 Å². The van der Waals surface area contributed by atoms with Crippen LogP contribution in [0.25, 0.3) is 0 Å². The normalized spacial score (nSPS) is 15.0. The van der Waals surface area contributed by atoms with Crippen LogP contribution in [0.1, 0.15) is 70.4 Å². The fraction of sp³-hybridized carbons (Fsp3) is 0.553. The van der Waals surface area contributed by atoms with E-state index < -0.39 is 36.0 Å². The van der Waals surface area contributed by atoms with Gasteiger partial charge in [-0.25, -0.2) is 4.79 Å². The van der Waals surface area contributed by atoms with Crippen molar-refractivity contribution >= 4 is 29.7 Å². The van der Waals surface area contributed by atoms with Crippen LogP contribution in [0.2, 0.25) is 0 Å². The van der Waals surface area contributed by atoms with Gasteiger partial charge in [-0.3, -0.25) is 19.2 Å². The Hall–Kier alpha value is -4.49. The number of carbonyl (C=O) groups is 5. The lowest BCUT2D eigenvalue weighted by atomic mass is 9.99. The zero-order chi connectivity index (χ0) is 37.2. The first-order valence-electron chi connectivity index (χ1n) is 18.2. The van der Waals surface area contributed by atoms with Gasteiger partial charge in [0.15, 0.2) is 0 Å². The summed E-state index contributed by atoms with van der Waals surface area (Å²) < 4.78 is 0. The monoisotopic (exact) mass is 706 g/mol. The Bertz CT molecular complexity index is 1390. The van der Waals surface area contributed by atoms with Crippen LogP contribution in [0, 0.1) is 5.92 Å². The number of nitrogens with one attached hydrogen (secondary N) is 4. The van der Waals surface area contributed by atoms with Gasteiger partial charge in [0.1, 0.15) is 18.1 Å². The van der Waals surface area contributed by atoms with Crippen molar-refractivity contribution in [2.45, 2.75) is 96.4 Å². The number of hydrogen-bond acceptors (Lipinski definition) is 7. The summed E-state index contributed by atoms with van der Waals surface area (Å²) in [6, 6.07) is 15.7. The first-order valence-corrected chi connectivity index (χ1v) is 18.2. The average molecular weight is 707 g/mol. The smallest absolute Gasteiger partial charge is 0.318 e. The maximum atomic E-state index is 14.0. The number of piperidine rings is 1. The van der Waals surface area contributed by atoms with Gasteiger partial charge in [0.05, 0.1) is 0 Å². The second kappa shape index (κ2) is 21.7. The Morgan fingerprint density at radius 1 is 0.784 bits per heavy atom. The predicted octanol–water partition coefficient (Wildman–Crippen LogP) is 2.04. The van der Waals surface area contributed by atoms with Crippen molar-refractivity contribution in [3.05, 3.63) is 71.8 Å². The lowest BCUT2D eigenvalue weighted by molar-refractivity contribution is -0.138. The minimum Gasteiger partial charge on any atom is -0.353 e. The number of benzene rings is 2. The summed E-state index contributed by atoms with van der Waals surface area (Å²) in [5.41, 5.74) is 13.4. The number of likely N-dealkylation sites (tertiary alicyclic amines) is 1. The molecule has 8 N–H and O–H groups in total. The minimum atomic E-state index is -0.995. The molecule has 0 radical (unpaired) electrons. The fourth-order valence-corrected chi connectivity index (χ4v) is 6.26. The first-order chi connectivity index (χ1) is 24.5. The lowest BCUT2D eigenvalue weighted by Gasteiger charge is -2.35. The van der Waals surface area contributed by atoms with Crippen LogP contribution >= 0.6 is 0 Å². The quantitative estimate of drug-likeness (QED) is 0.120. The third-order valence-corrected chi connectivity index (χ3v) is 8.91. The van der Waals surface area contributed by atoms with E-state index in [-0.39, 0.29) is 43.3 Å². The van der Waals surface area contributed by atoms with Gasteiger partial charge >= 0.3 is 6.03 Å². The number of hydrogen-bond donors (Lipinski definition) is 6. The number of amides is 6. The van der Waals surface area contributed by atoms with Crippen LogP contribution in [0.3, 0.4) is 0 Å². The summed E-state index contributed by atoms with van der Waals surface area (Å²) in [6.45, 7) is 7.61. The van der Waals surface area contributed by atoms with Crippen molar-refractivity contribution < 1.29 is 24.0 Å². The maximum Gasteiger partial charge on any atom is 0.318 e. The molecule has 2 aromatic carbocycles. The maximum absolute atomic E-state index is 14.0. The van der Waals surface area contributed by atoms with E-state index >= 15 is 0 Å². The molecule has 280 valence electrons. The molecule has 3 atom stereocenters. The molecule has 0 saturated carbocycles. The molecule has 0 aliphatic carbocycles. The van der Waals surface area contributed by atoms with E-state index in [9.17, 15) is 24.0 Å². The van der Waals surface area contributed by atoms with Gasteiger partial charge in [-0.2, -0.15) is 0 Å². The molecule has 0 aromatic heterocycles. The van der Waals surface area contributed by atoms with Crippen LogP contribution in [0.4, 0.5) is 4.79 Å². The molecule has 0 spiro atoms. The van der Waals surface area contributed by atoms with Crippen molar-refractivity contribution in [3.8, 4) is 0 Å². The number of unbranched alkanes of at least 4 members (excludes halogenated alkanes) is 1. The number of rotatable bonds is 19. The molecule has 1 aliphatic heterocycles. The summed E-state index contributed by atoms with van der Waals surface area (Å²) in [7, 11) is 0. The largest absolute Gasteiger partial charge is 0.353 e. The van der Waals surface area contributed by atoms with E-state index in [1.54, 1.807) is 9.80 Å². The van der Waals surface area contributed by atoms with Crippen molar-refractivity contribution in [1.29, 1.82) is 0 Å². The van der Waals surface area contributed by atoms with Crippen LogP contribution < -0.4 is 32.7 Å². The molecule has 13 nitrogen and oxygen atoms in total. The van der Waals surface area contributed by atoms with Gasteiger partial charge in [-0.05, 0) is 62.1 Å². The van der Waals surface area contributed by atoms with Crippen LogP contribution in [-0.4, -0.2) is 96.4 Å². The zero-order valence-corrected chi connectivity index (χ0v) is 30.4. The number of nitrogens with zero attached hydrogens (tertiary/aromatic N) is 2. The summed E-state index contributed by atoms with van der Waals surface area (Å²) in [6.07, 6.45) is 3.52. The van der Waals surface area contributed by atoms with E-state index in [0.717, 1.165) is 11.1 Å². The van der Waals surface area contributed by atoms with Gasteiger partial charge in [-0.1, -0.05) is 74.5 Å². The van der Waals surface area contributed by atoms with Gasteiger partial charge in [0, 0.05) is 52.1 Å². The molecular weight excluding hydrogens is 648 g/mol. The van der Waals surface area contributed by atoms with Crippen LogP contribution in [0.15, 0.2) is 60.7 Å². The number of nitrogens with two attached hydrogens (primary N) is 2. The average Bonchev–Trinajstić information content (AvgIpc) is 3.11. The lowest BCUT2D eigenvalue weighted by Crippen LogP contribution is -2.59. The fourth-order valence-electron chi connectivity index (χ4n) is 6.26. The zero-order valence-electron chi connectivity index (χ0n) is 30.4. The summed E-state index contributed by atoms with van der Waals surface area (Å²) in [4.78, 5) is 70.2.